The SMILES string of the molecule is Nc1ccc(OC(F)F)c(N)c1. The number of nitrogens with two attached hydrogens (primary N) is 2. The molecular formula is C7H8F2N2O. The summed E-state index contributed by atoms with van der Waals surface area (Å²) in [5, 5.41) is 0. The van der Waals surface area contributed by atoms with Crippen LogP contribution in [0.4, 0.5) is 20.2 Å². The molecule has 0 radical (unpaired) electrons. The van der Waals surface area contributed by atoms with Crippen LogP contribution >= 0.6 is 0 Å². The molecule has 0 aliphatic heterocycles. The zero-order chi connectivity index (χ0) is 9.14. The predicted octanol–water partition coefficient (Wildman–Crippen LogP) is 1.45. The molecular weight excluding hydrogens is 166 g/mol. The Labute approximate surface area is 67.9 Å². The fourth-order valence-corrected chi connectivity index (χ4v) is 0.770. The van der Waals surface area contributed by atoms with Crippen molar-refractivity contribution in [2.75, 3.05) is 11.5 Å². The zero-order valence-electron chi connectivity index (χ0n) is 6.13. The third kappa shape index (κ3) is 1.98. The van der Waals surface area contributed by atoms with Crippen LogP contribution in [-0.4, -0.2) is 6.61 Å². The molecule has 4 N–H and O–H groups in total. The number of alkyl halides is 2. The molecule has 0 fully saturated rings. The van der Waals surface area contributed by atoms with E-state index >= 15 is 0 Å². The number of nitrogen functional groups attached to an aromatic ring is 2. The lowest BCUT2D eigenvalue weighted by atomic mass is 10.2. The van der Waals surface area contributed by atoms with Crippen molar-refractivity contribution in [3.63, 3.8) is 0 Å². The van der Waals surface area contributed by atoms with Gasteiger partial charge in [-0.15, -0.1) is 0 Å². The van der Waals surface area contributed by atoms with Crippen LogP contribution in [0.25, 0.3) is 0 Å². The average Bonchev–Trinajstić information content (AvgIpc) is 1.94. The van der Waals surface area contributed by atoms with Gasteiger partial charge in [0.15, 0.2) is 0 Å². The Morgan fingerprint density at radius 3 is 2.42 bits per heavy atom. The summed E-state index contributed by atoms with van der Waals surface area (Å²) in [6.45, 7) is -2.86. The summed E-state index contributed by atoms with van der Waals surface area (Å²) >= 11 is 0. The lowest BCUT2D eigenvalue weighted by Crippen LogP contribution is -2.04. The van der Waals surface area contributed by atoms with E-state index in [1.54, 1.807) is 0 Å². The van der Waals surface area contributed by atoms with Crippen LogP contribution in [0.1, 0.15) is 0 Å². The Bertz CT molecular complexity index is 278. The van der Waals surface area contributed by atoms with Gasteiger partial charge in [0.05, 0.1) is 5.69 Å². The van der Waals surface area contributed by atoms with Gasteiger partial charge in [-0.3, -0.25) is 0 Å². The number of benzene rings is 1. The summed E-state index contributed by atoms with van der Waals surface area (Å²) in [6, 6.07) is 4.10. The first-order valence-electron chi connectivity index (χ1n) is 3.19. The average molecular weight is 174 g/mol. The van der Waals surface area contributed by atoms with Crippen molar-refractivity contribution in [2.45, 2.75) is 6.61 Å². The van der Waals surface area contributed by atoms with Gasteiger partial charge in [-0.2, -0.15) is 8.78 Å². The molecule has 0 atom stereocenters. The Morgan fingerprint density at radius 1 is 1.25 bits per heavy atom. The fourth-order valence-electron chi connectivity index (χ4n) is 0.770. The summed E-state index contributed by atoms with van der Waals surface area (Å²) in [6.07, 6.45) is 0. The van der Waals surface area contributed by atoms with E-state index in [0.717, 1.165) is 0 Å². The third-order valence-electron chi connectivity index (χ3n) is 1.25. The summed E-state index contributed by atoms with van der Waals surface area (Å²) in [5.41, 5.74) is 11.2. The van der Waals surface area contributed by atoms with Crippen molar-refractivity contribution in [3.8, 4) is 5.75 Å². The van der Waals surface area contributed by atoms with Gasteiger partial charge in [0.1, 0.15) is 5.75 Å². The van der Waals surface area contributed by atoms with E-state index in [1.807, 2.05) is 0 Å². The minimum atomic E-state index is -2.86. The summed E-state index contributed by atoms with van der Waals surface area (Å²) < 4.78 is 27.5. The van der Waals surface area contributed by atoms with Gasteiger partial charge in [0.25, 0.3) is 0 Å². The van der Waals surface area contributed by atoms with Gasteiger partial charge in [0.2, 0.25) is 0 Å². The molecule has 0 saturated carbocycles. The Kier molecular flexibility index (Phi) is 2.32. The van der Waals surface area contributed by atoms with E-state index < -0.39 is 6.61 Å². The van der Waals surface area contributed by atoms with E-state index in [4.69, 9.17) is 11.5 Å². The van der Waals surface area contributed by atoms with Crippen LogP contribution in [0.2, 0.25) is 0 Å². The third-order valence-corrected chi connectivity index (χ3v) is 1.25. The molecule has 0 unspecified atom stereocenters. The zero-order valence-corrected chi connectivity index (χ0v) is 6.13. The number of ether oxygens (including phenoxy) is 1. The molecule has 0 aliphatic rings. The first-order chi connectivity index (χ1) is 5.59. The highest BCUT2D eigenvalue weighted by Gasteiger charge is 2.06. The Hall–Kier alpha value is -1.52. The maximum absolute atomic E-state index is 11.7. The maximum atomic E-state index is 11.7. The van der Waals surface area contributed by atoms with Crippen molar-refractivity contribution in [1.29, 1.82) is 0 Å². The second kappa shape index (κ2) is 3.25. The molecule has 0 aromatic heterocycles. The van der Waals surface area contributed by atoms with E-state index in [2.05, 4.69) is 4.74 Å². The molecule has 0 heterocycles. The first kappa shape index (κ1) is 8.58. The number of hydrogen-bond acceptors (Lipinski definition) is 3. The largest absolute Gasteiger partial charge is 0.433 e. The van der Waals surface area contributed by atoms with Gasteiger partial charge in [-0.25, -0.2) is 0 Å². The Morgan fingerprint density at radius 2 is 1.92 bits per heavy atom. The van der Waals surface area contributed by atoms with Gasteiger partial charge in [-0.05, 0) is 18.2 Å². The quantitative estimate of drug-likeness (QED) is 0.667. The van der Waals surface area contributed by atoms with Crippen LogP contribution in [0, 0.1) is 0 Å². The molecule has 66 valence electrons. The summed E-state index contributed by atoms with van der Waals surface area (Å²) in [5.74, 6) is -0.0563. The monoisotopic (exact) mass is 174 g/mol. The molecule has 0 aliphatic carbocycles. The van der Waals surface area contributed by atoms with E-state index in [9.17, 15) is 8.78 Å². The second-order valence-electron chi connectivity index (χ2n) is 2.18. The van der Waals surface area contributed by atoms with Crippen LogP contribution in [0.3, 0.4) is 0 Å². The fraction of sp³-hybridized carbons (Fsp3) is 0.143. The molecule has 5 heteroatoms. The van der Waals surface area contributed by atoms with Crippen molar-refractivity contribution in [1.82, 2.24) is 0 Å². The smallest absolute Gasteiger partial charge is 0.387 e. The molecule has 1 aromatic rings. The second-order valence-corrected chi connectivity index (χ2v) is 2.18. The number of halogens is 2. The van der Waals surface area contributed by atoms with Gasteiger partial charge in [0, 0.05) is 5.69 Å². The predicted molar refractivity (Wildman–Crippen MR) is 41.9 cm³/mol. The summed E-state index contributed by atoms with van der Waals surface area (Å²) in [4.78, 5) is 0. The highest BCUT2D eigenvalue weighted by molar-refractivity contribution is 5.60. The molecule has 0 spiro atoms. The minimum Gasteiger partial charge on any atom is -0.433 e. The first-order valence-corrected chi connectivity index (χ1v) is 3.19. The minimum absolute atomic E-state index is 0.0563. The highest BCUT2D eigenvalue weighted by atomic mass is 19.3. The van der Waals surface area contributed by atoms with Crippen LogP contribution < -0.4 is 16.2 Å². The van der Waals surface area contributed by atoms with Crippen molar-refractivity contribution < 1.29 is 13.5 Å². The van der Waals surface area contributed by atoms with Gasteiger partial charge >= 0.3 is 6.61 Å². The number of hydrogen-bond donors (Lipinski definition) is 2. The molecule has 0 amide bonds. The Balaban J connectivity index is 2.86. The molecule has 1 rings (SSSR count). The standard InChI is InChI=1S/C7H8F2N2O/c8-7(9)12-6-2-1-4(10)3-5(6)11/h1-3,7H,10-11H2. The van der Waals surface area contributed by atoms with Crippen LogP contribution in [-0.2, 0) is 0 Å². The van der Waals surface area contributed by atoms with Crippen molar-refractivity contribution in [3.05, 3.63) is 18.2 Å². The lowest BCUT2D eigenvalue weighted by Gasteiger charge is -2.07. The van der Waals surface area contributed by atoms with Gasteiger partial charge < -0.3 is 16.2 Å². The normalized spacial score (nSPS) is 10.2. The topological polar surface area (TPSA) is 61.3 Å². The highest BCUT2D eigenvalue weighted by Crippen LogP contribution is 2.24. The van der Waals surface area contributed by atoms with Crippen molar-refractivity contribution >= 4 is 11.4 Å². The molecule has 1 aromatic carbocycles. The summed E-state index contributed by atoms with van der Waals surface area (Å²) in [7, 11) is 0. The molecule has 3 nitrogen and oxygen atoms in total. The van der Waals surface area contributed by atoms with E-state index in [0.29, 0.717) is 5.69 Å². The van der Waals surface area contributed by atoms with E-state index in [1.165, 1.54) is 18.2 Å². The molecule has 0 saturated heterocycles. The van der Waals surface area contributed by atoms with Crippen LogP contribution in [0.5, 0.6) is 5.75 Å². The van der Waals surface area contributed by atoms with E-state index in [-0.39, 0.29) is 11.4 Å². The number of anilines is 2. The maximum Gasteiger partial charge on any atom is 0.387 e. The number of rotatable bonds is 2. The van der Waals surface area contributed by atoms with Crippen LogP contribution in [0.15, 0.2) is 18.2 Å². The van der Waals surface area contributed by atoms with Crippen molar-refractivity contribution in [2.24, 2.45) is 0 Å². The molecule has 0 bridgehead atoms. The lowest BCUT2D eigenvalue weighted by molar-refractivity contribution is -0.0493. The van der Waals surface area contributed by atoms with Gasteiger partial charge in [-0.1, -0.05) is 0 Å². The molecule has 12 heavy (non-hydrogen) atoms.